The second-order valence-corrected chi connectivity index (χ2v) is 4.87. The van der Waals surface area contributed by atoms with E-state index in [2.05, 4.69) is 0 Å². The molecule has 1 atom stereocenters. The smallest absolute Gasteiger partial charge is 0.313 e. The molecule has 2 aromatic rings. The van der Waals surface area contributed by atoms with E-state index in [9.17, 15) is 15.2 Å². The summed E-state index contributed by atoms with van der Waals surface area (Å²) in [5.74, 6) is 0.470. The van der Waals surface area contributed by atoms with Crippen LogP contribution in [-0.4, -0.2) is 10.0 Å². The summed E-state index contributed by atoms with van der Waals surface area (Å²) in [6, 6.07) is 11.1. The van der Waals surface area contributed by atoms with Gasteiger partial charge in [0.05, 0.1) is 11.0 Å². The molecule has 0 spiro atoms. The number of nitro benzene ring substituents is 1. The molecule has 0 heterocycles. The number of benzene rings is 2. The summed E-state index contributed by atoms with van der Waals surface area (Å²) in [4.78, 5) is 10.5. The van der Waals surface area contributed by atoms with Crippen LogP contribution in [0.15, 0.2) is 42.5 Å². The van der Waals surface area contributed by atoms with Crippen molar-refractivity contribution < 1.29 is 14.8 Å². The molecule has 0 amide bonds. The highest BCUT2D eigenvalue weighted by atomic mass is 35.5. The van der Waals surface area contributed by atoms with Gasteiger partial charge in [-0.3, -0.25) is 10.1 Å². The molecule has 0 radical (unpaired) electrons. The van der Waals surface area contributed by atoms with Gasteiger partial charge in [0.25, 0.3) is 0 Å². The van der Waals surface area contributed by atoms with Gasteiger partial charge in [0.1, 0.15) is 5.75 Å². The van der Waals surface area contributed by atoms with Crippen LogP contribution in [0.3, 0.4) is 0 Å². The summed E-state index contributed by atoms with van der Waals surface area (Å²) >= 11 is 5.77. The highest BCUT2D eigenvalue weighted by Crippen LogP contribution is 2.36. The van der Waals surface area contributed by atoms with E-state index < -0.39 is 11.0 Å². The Bertz CT molecular complexity index is 660. The predicted octanol–water partition coefficient (Wildman–Crippen LogP) is 4.48. The molecule has 0 aliphatic heterocycles. The molecule has 0 unspecified atom stereocenters. The molecule has 1 N–H and O–H groups in total. The summed E-state index contributed by atoms with van der Waals surface area (Å²) in [6.07, 6.45) is -0.170. The largest absolute Gasteiger partial charge is 0.450 e. The van der Waals surface area contributed by atoms with Crippen molar-refractivity contribution >= 4 is 17.3 Å². The van der Waals surface area contributed by atoms with Gasteiger partial charge in [-0.25, -0.2) is 0 Å². The minimum atomic E-state index is -0.687. The lowest BCUT2D eigenvalue weighted by atomic mass is 10.1. The maximum atomic E-state index is 11.1. The fraction of sp³-hybridized carbons (Fsp3) is 0.200. The van der Waals surface area contributed by atoms with Gasteiger partial charge in [-0.15, -0.1) is 0 Å². The number of aliphatic hydroxyl groups excluding tert-OH is 1. The normalized spacial score (nSPS) is 12.0. The number of hydrogen-bond acceptors (Lipinski definition) is 4. The van der Waals surface area contributed by atoms with Gasteiger partial charge in [0, 0.05) is 16.7 Å². The van der Waals surface area contributed by atoms with Crippen molar-refractivity contribution in [1.82, 2.24) is 0 Å². The van der Waals surface area contributed by atoms with Gasteiger partial charge < -0.3 is 9.84 Å². The fourth-order valence-electron chi connectivity index (χ4n) is 1.91. The van der Waals surface area contributed by atoms with E-state index in [0.717, 1.165) is 0 Å². The molecular weight excluding hydrogens is 294 g/mol. The van der Waals surface area contributed by atoms with E-state index in [4.69, 9.17) is 16.3 Å². The Morgan fingerprint density at radius 2 is 2.00 bits per heavy atom. The van der Waals surface area contributed by atoms with Gasteiger partial charge >= 0.3 is 5.69 Å². The number of nitrogens with zero attached hydrogens (tertiary/aromatic N) is 1. The van der Waals surface area contributed by atoms with Crippen LogP contribution in [0.25, 0.3) is 0 Å². The highest BCUT2D eigenvalue weighted by molar-refractivity contribution is 6.30. The molecule has 0 aromatic heterocycles. The van der Waals surface area contributed by atoms with Crippen LogP contribution in [0.4, 0.5) is 5.69 Å². The summed E-state index contributed by atoms with van der Waals surface area (Å²) in [5, 5.41) is 21.3. The molecule has 0 bridgehead atoms. The number of nitro groups is 1. The van der Waals surface area contributed by atoms with E-state index in [0.29, 0.717) is 17.7 Å². The van der Waals surface area contributed by atoms with Crippen molar-refractivity contribution in [3.8, 4) is 11.5 Å². The summed E-state index contributed by atoms with van der Waals surface area (Å²) in [6.45, 7) is 1.84. The number of ether oxygens (including phenoxy) is 1. The highest BCUT2D eigenvalue weighted by Gasteiger charge is 2.19. The zero-order valence-corrected chi connectivity index (χ0v) is 12.1. The third-order valence-electron chi connectivity index (χ3n) is 3.00. The van der Waals surface area contributed by atoms with E-state index in [1.807, 2.05) is 6.92 Å². The average Bonchev–Trinajstić information content (AvgIpc) is 2.48. The average molecular weight is 308 g/mol. The first-order valence-corrected chi connectivity index (χ1v) is 6.79. The van der Waals surface area contributed by atoms with Crippen molar-refractivity contribution in [1.29, 1.82) is 0 Å². The van der Waals surface area contributed by atoms with Crippen LogP contribution < -0.4 is 4.74 Å². The molecule has 0 aliphatic carbocycles. The van der Waals surface area contributed by atoms with Crippen molar-refractivity contribution in [2.24, 2.45) is 0 Å². The molecule has 2 rings (SSSR count). The molecule has 5 nitrogen and oxygen atoms in total. The van der Waals surface area contributed by atoms with Crippen LogP contribution in [0, 0.1) is 10.1 Å². The van der Waals surface area contributed by atoms with Crippen molar-refractivity contribution in [2.75, 3.05) is 0 Å². The van der Waals surface area contributed by atoms with Gasteiger partial charge in [0.2, 0.25) is 5.75 Å². The third-order valence-corrected chi connectivity index (χ3v) is 3.24. The zero-order valence-electron chi connectivity index (χ0n) is 11.3. The monoisotopic (exact) mass is 307 g/mol. The van der Waals surface area contributed by atoms with E-state index in [1.54, 1.807) is 24.3 Å². The van der Waals surface area contributed by atoms with Crippen LogP contribution in [0.2, 0.25) is 5.02 Å². The minimum absolute atomic E-state index is 0.0835. The second-order valence-electron chi connectivity index (χ2n) is 4.43. The lowest BCUT2D eigenvalue weighted by Gasteiger charge is -2.14. The van der Waals surface area contributed by atoms with Crippen molar-refractivity contribution in [3.63, 3.8) is 0 Å². The summed E-state index contributed by atoms with van der Waals surface area (Å²) in [5.41, 5.74) is 0.368. The lowest BCUT2D eigenvalue weighted by Crippen LogP contribution is -2.00. The number of hydrogen-bond donors (Lipinski definition) is 1. The van der Waals surface area contributed by atoms with Crippen molar-refractivity contribution in [2.45, 2.75) is 19.4 Å². The molecule has 21 heavy (non-hydrogen) atoms. The minimum Gasteiger partial charge on any atom is -0.450 e. The summed E-state index contributed by atoms with van der Waals surface area (Å²) < 4.78 is 5.62. The molecule has 0 saturated heterocycles. The molecular formula is C15H14ClNO4. The number of halogens is 1. The van der Waals surface area contributed by atoms with Crippen molar-refractivity contribution in [3.05, 3.63) is 63.2 Å². The maximum absolute atomic E-state index is 11.1. The van der Waals surface area contributed by atoms with E-state index >= 15 is 0 Å². The molecule has 0 saturated carbocycles. The SMILES string of the molecule is CC[C@@H](O)c1ccccc1Oc1ccc(Cl)cc1[N+](=O)[O-]. The molecule has 2 aromatic carbocycles. The topological polar surface area (TPSA) is 72.6 Å². The number of rotatable bonds is 5. The van der Waals surface area contributed by atoms with Crippen LogP contribution >= 0.6 is 11.6 Å². The number of para-hydroxylation sites is 1. The third kappa shape index (κ3) is 3.51. The molecule has 0 aliphatic rings. The predicted molar refractivity (Wildman–Crippen MR) is 79.9 cm³/mol. The quantitative estimate of drug-likeness (QED) is 0.652. The zero-order chi connectivity index (χ0) is 15.4. The fourth-order valence-corrected chi connectivity index (χ4v) is 2.07. The Labute approximate surface area is 126 Å². The molecule has 6 heteroatoms. The van der Waals surface area contributed by atoms with Crippen LogP contribution in [-0.2, 0) is 0 Å². The van der Waals surface area contributed by atoms with Crippen LogP contribution in [0.1, 0.15) is 25.0 Å². The Hall–Kier alpha value is -2.11. The Balaban J connectivity index is 2.41. The first-order valence-electron chi connectivity index (χ1n) is 6.41. The molecule has 0 fully saturated rings. The number of aliphatic hydroxyl groups is 1. The first-order chi connectivity index (χ1) is 10.0. The van der Waals surface area contributed by atoms with Gasteiger partial charge in [-0.1, -0.05) is 36.7 Å². The van der Waals surface area contributed by atoms with Gasteiger partial charge in [-0.2, -0.15) is 0 Å². The first kappa shape index (κ1) is 15.3. The Morgan fingerprint density at radius 3 is 2.67 bits per heavy atom. The molecule has 110 valence electrons. The van der Waals surface area contributed by atoms with Gasteiger partial charge in [-0.05, 0) is 24.6 Å². The van der Waals surface area contributed by atoms with Gasteiger partial charge in [0.15, 0.2) is 0 Å². The summed E-state index contributed by atoms with van der Waals surface area (Å²) in [7, 11) is 0. The second kappa shape index (κ2) is 6.56. The standard InChI is InChI=1S/C15H14ClNO4/c1-2-13(18)11-5-3-4-6-14(11)21-15-8-7-10(16)9-12(15)17(19)20/h3-9,13,18H,2H2,1H3/t13-/m1/s1. The Kier molecular flexibility index (Phi) is 4.77. The maximum Gasteiger partial charge on any atom is 0.313 e. The van der Waals surface area contributed by atoms with Crippen LogP contribution in [0.5, 0.6) is 11.5 Å². The van der Waals surface area contributed by atoms with E-state index in [-0.39, 0.29) is 16.5 Å². The Morgan fingerprint density at radius 1 is 1.29 bits per heavy atom. The van der Waals surface area contributed by atoms with E-state index in [1.165, 1.54) is 18.2 Å². The lowest BCUT2D eigenvalue weighted by molar-refractivity contribution is -0.385.